The molecule has 0 bridgehead atoms. The van der Waals surface area contributed by atoms with Gasteiger partial charge in [-0.25, -0.2) is 13.4 Å². The van der Waals surface area contributed by atoms with Gasteiger partial charge in [0.1, 0.15) is 10.0 Å². The van der Waals surface area contributed by atoms with Crippen LogP contribution in [0.5, 0.6) is 0 Å². The molecule has 0 amide bonds. The van der Waals surface area contributed by atoms with E-state index in [9.17, 15) is 8.42 Å². The molecule has 108 valence electrons. The van der Waals surface area contributed by atoms with Crippen LogP contribution in [-0.4, -0.2) is 28.8 Å². The predicted molar refractivity (Wildman–Crippen MR) is 78.1 cm³/mol. The average molecular weight is 311 g/mol. The summed E-state index contributed by atoms with van der Waals surface area (Å²) in [6, 6.07) is 3.29. The van der Waals surface area contributed by atoms with Crippen molar-refractivity contribution in [1.82, 2.24) is 13.9 Å². The molecule has 0 spiro atoms. The number of aromatic nitrogens is 2. The molecule has 2 aromatic heterocycles. The van der Waals surface area contributed by atoms with E-state index in [4.69, 9.17) is 0 Å². The van der Waals surface area contributed by atoms with Crippen LogP contribution in [0, 0.1) is 6.92 Å². The largest absolute Gasteiger partial charge is 0.336 e. The van der Waals surface area contributed by atoms with E-state index >= 15 is 0 Å². The van der Waals surface area contributed by atoms with Gasteiger partial charge in [-0.05, 0) is 31.2 Å². The second-order valence-electron chi connectivity index (χ2n) is 5.06. The third-order valence-corrected chi connectivity index (χ3v) is 6.87. The van der Waals surface area contributed by atoms with E-state index in [1.807, 2.05) is 24.7 Å². The fourth-order valence-electron chi connectivity index (χ4n) is 2.76. The van der Waals surface area contributed by atoms with Gasteiger partial charge in [-0.1, -0.05) is 6.07 Å². The quantitative estimate of drug-likeness (QED) is 0.874. The molecule has 1 fully saturated rings. The zero-order valence-corrected chi connectivity index (χ0v) is 13.1. The van der Waals surface area contributed by atoms with Crippen LogP contribution in [-0.2, 0) is 17.1 Å². The average Bonchev–Trinajstić information content (AvgIpc) is 3.08. The fourth-order valence-corrected chi connectivity index (χ4v) is 5.53. The van der Waals surface area contributed by atoms with Crippen LogP contribution in [0.1, 0.15) is 30.4 Å². The maximum atomic E-state index is 12.7. The molecule has 1 saturated heterocycles. The van der Waals surface area contributed by atoms with Crippen molar-refractivity contribution in [1.29, 1.82) is 0 Å². The number of thiophene rings is 1. The molecule has 7 heteroatoms. The first kappa shape index (κ1) is 13.8. The van der Waals surface area contributed by atoms with Gasteiger partial charge in [0, 0.05) is 19.8 Å². The van der Waals surface area contributed by atoms with Crippen molar-refractivity contribution < 1.29 is 8.42 Å². The lowest BCUT2D eigenvalue weighted by Gasteiger charge is -2.22. The third-order valence-electron chi connectivity index (χ3n) is 3.59. The molecule has 3 rings (SSSR count). The molecule has 5 nitrogen and oxygen atoms in total. The fraction of sp³-hybridized carbons (Fsp3) is 0.462. The Morgan fingerprint density at radius 1 is 1.45 bits per heavy atom. The molecular formula is C13H17N3O2S2. The summed E-state index contributed by atoms with van der Waals surface area (Å²) in [5.74, 6) is 0.833. The lowest BCUT2D eigenvalue weighted by Crippen LogP contribution is -2.31. The summed E-state index contributed by atoms with van der Waals surface area (Å²) in [5.41, 5.74) is 0.919. The summed E-state index contributed by atoms with van der Waals surface area (Å²) in [5, 5.41) is 1.79. The van der Waals surface area contributed by atoms with Gasteiger partial charge in [0.2, 0.25) is 0 Å². The van der Waals surface area contributed by atoms with Gasteiger partial charge in [0.05, 0.1) is 11.7 Å². The molecule has 0 N–H and O–H groups in total. The van der Waals surface area contributed by atoms with E-state index in [-0.39, 0.29) is 6.04 Å². The zero-order valence-electron chi connectivity index (χ0n) is 11.5. The summed E-state index contributed by atoms with van der Waals surface area (Å²) < 4.78 is 29.3. The summed E-state index contributed by atoms with van der Waals surface area (Å²) in [4.78, 5) is 4.50. The lowest BCUT2D eigenvalue weighted by atomic mass is 10.2. The molecule has 0 aliphatic carbocycles. The van der Waals surface area contributed by atoms with E-state index in [2.05, 4.69) is 4.98 Å². The van der Waals surface area contributed by atoms with E-state index in [0.717, 1.165) is 24.4 Å². The Bertz CT molecular complexity index is 704. The third kappa shape index (κ3) is 2.19. The standard InChI is InChI=1S/C13H17N3O2S2/c1-10-9-15(2)13(14-10)11-5-3-7-16(11)20(17,18)12-6-4-8-19-12/h4,6,8-9,11H,3,5,7H2,1-2H3/t11-/m1/s1. The number of hydrogen-bond acceptors (Lipinski definition) is 4. The van der Waals surface area contributed by atoms with Gasteiger partial charge in [-0.3, -0.25) is 0 Å². The second kappa shape index (κ2) is 4.98. The van der Waals surface area contributed by atoms with Crippen molar-refractivity contribution in [3.8, 4) is 0 Å². The van der Waals surface area contributed by atoms with Crippen LogP contribution in [0.25, 0.3) is 0 Å². The normalized spacial score (nSPS) is 20.6. The van der Waals surface area contributed by atoms with E-state index in [1.54, 1.807) is 21.8 Å². The molecule has 0 radical (unpaired) electrons. The van der Waals surface area contributed by atoms with Crippen molar-refractivity contribution in [2.24, 2.45) is 7.05 Å². The van der Waals surface area contributed by atoms with Crippen LogP contribution in [0.3, 0.4) is 0 Å². The van der Waals surface area contributed by atoms with Gasteiger partial charge >= 0.3 is 0 Å². The number of hydrogen-bond donors (Lipinski definition) is 0. The Morgan fingerprint density at radius 3 is 2.85 bits per heavy atom. The minimum atomic E-state index is -3.40. The van der Waals surface area contributed by atoms with E-state index in [1.165, 1.54) is 11.3 Å². The molecule has 0 unspecified atom stereocenters. The Balaban J connectivity index is 2.00. The van der Waals surface area contributed by atoms with Crippen LogP contribution >= 0.6 is 11.3 Å². The summed E-state index contributed by atoms with van der Waals surface area (Å²) in [6.45, 7) is 2.49. The maximum absolute atomic E-state index is 12.7. The molecule has 1 aliphatic heterocycles. The van der Waals surface area contributed by atoms with Gasteiger partial charge in [-0.15, -0.1) is 11.3 Å². The van der Waals surface area contributed by atoms with Crippen LogP contribution in [0.4, 0.5) is 0 Å². The van der Waals surface area contributed by atoms with Crippen LogP contribution in [0.15, 0.2) is 27.9 Å². The SMILES string of the molecule is Cc1cn(C)c([C@H]2CCCN2S(=O)(=O)c2cccs2)n1. The Kier molecular flexibility index (Phi) is 3.43. The van der Waals surface area contributed by atoms with Gasteiger partial charge in [0.15, 0.2) is 0 Å². The van der Waals surface area contributed by atoms with Crippen molar-refractivity contribution in [2.75, 3.05) is 6.54 Å². The summed E-state index contributed by atoms with van der Waals surface area (Å²) in [7, 11) is -1.48. The van der Waals surface area contributed by atoms with Crippen LogP contribution < -0.4 is 0 Å². The lowest BCUT2D eigenvalue weighted by molar-refractivity contribution is 0.378. The molecule has 20 heavy (non-hydrogen) atoms. The highest BCUT2D eigenvalue weighted by molar-refractivity contribution is 7.91. The molecule has 1 atom stereocenters. The first-order valence-corrected chi connectivity index (χ1v) is 8.87. The molecule has 0 saturated carbocycles. The molecule has 3 heterocycles. The summed E-state index contributed by atoms with van der Waals surface area (Å²) in [6.07, 6.45) is 3.64. The molecule has 2 aromatic rings. The highest BCUT2D eigenvalue weighted by Gasteiger charge is 2.38. The predicted octanol–water partition coefficient (Wildman–Crippen LogP) is 2.32. The smallest absolute Gasteiger partial charge is 0.253 e. The Morgan fingerprint density at radius 2 is 2.25 bits per heavy atom. The number of nitrogens with zero attached hydrogens (tertiary/aromatic N) is 3. The molecular weight excluding hydrogens is 294 g/mol. The number of aryl methyl sites for hydroxylation is 2. The topological polar surface area (TPSA) is 55.2 Å². The Hall–Kier alpha value is -1.18. The number of rotatable bonds is 3. The number of sulfonamides is 1. The monoisotopic (exact) mass is 311 g/mol. The second-order valence-corrected chi connectivity index (χ2v) is 8.12. The zero-order chi connectivity index (χ0) is 14.3. The van der Waals surface area contributed by atoms with Crippen molar-refractivity contribution in [2.45, 2.75) is 30.0 Å². The van der Waals surface area contributed by atoms with Gasteiger partial charge in [-0.2, -0.15) is 4.31 Å². The minimum absolute atomic E-state index is 0.152. The van der Waals surface area contributed by atoms with Crippen LogP contribution in [0.2, 0.25) is 0 Å². The van der Waals surface area contributed by atoms with Crippen molar-refractivity contribution in [3.05, 3.63) is 35.2 Å². The molecule has 0 aromatic carbocycles. The van der Waals surface area contributed by atoms with E-state index < -0.39 is 10.0 Å². The highest BCUT2D eigenvalue weighted by atomic mass is 32.2. The molecule has 1 aliphatic rings. The number of imidazole rings is 1. The maximum Gasteiger partial charge on any atom is 0.253 e. The van der Waals surface area contributed by atoms with E-state index in [0.29, 0.717) is 10.8 Å². The summed E-state index contributed by atoms with van der Waals surface area (Å²) >= 11 is 1.27. The van der Waals surface area contributed by atoms with Crippen molar-refractivity contribution in [3.63, 3.8) is 0 Å². The first-order chi connectivity index (χ1) is 9.50. The highest BCUT2D eigenvalue weighted by Crippen LogP contribution is 2.36. The van der Waals surface area contributed by atoms with Gasteiger partial charge in [0.25, 0.3) is 10.0 Å². The van der Waals surface area contributed by atoms with Crippen molar-refractivity contribution >= 4 is 21.4 Å². The van der Waals surface area contributed by atoms with Gasteiger partial charge < -0.3 is 4.57 Å². The first-order valence-electron chi connectivity index (χ1n) is 6.55. The minimum Gasteiger partial charge on any atom is -0.336 e. The Labute approximate surface area is 122 Å².